The van der Waals surface area contributed by atoms with Crippen LogP contribution in [0.1, 0.15) is 15.9 Å². The molecule has 0 aliphatic rings. The highest BCUT2D eigenvalue weighted by molar-refractivity contribution is 9.10. The van der Waals surface area contributed by atoms with Crippen LogP contribution in [0, 0.1) is 5.82 Å². The second-order valence-electron chi connectivity index (χ2n) is 4.85. The molecule has 0 heterocycles. The summed E-state index contributed by atoms with van der Waals surface area (Å²) in [5.41, 5.74) is 0.502. The Labute approximate surface area is 151 Å². The lowest BCUT2D eigenvalue weighted by molar-refractivity contribution is -0.143. The van der Waals surface area contributed by atoms with Crippen LogP contribution in [0.5, 0.6) is 0 Å². The summed E-state index contributed by atoms with van der Waals surface area (Å²) in [5.74, 6) is -2.68. The van der Waals surface area contributed by atoms with Crippen LogP contribution in [0.2, 0.25) is 0 Å². The van der Waals surface area contributed by atoms with Crippen molar-refractivity contribution in [1.82, 2.24) is 5.32 Å². The molecule has 2 rings (SSSR count). The Morgan fingerprint density at radius 3 is 2.56 bits per heavy atom. The van der Waals surface area contributed by atoms with E-state index in [0.717, 1.165) is 6.08 Å². The molecule has 0 fully saturated rings. The van der Waals surface area contributed by atoms with Crippen LogP contribution in [0.4, 0.5) is 4.39 Å². The first-order chi connectivity index (χ1) is 12.0. The Morgan fingerprint density at radius 2 is 1.84 bits per heavy atom. The highest BCUT2D eigenvalue weighted by Crippen LogP contribution is 2.16. The number of halogens is 2. The van der Waals surface area contributed by atoms with Crippen molar-refractivity contribution in [3.8, 4) is 0 Å². The monoisotopic (exact) mass is 405 g/mol. The molecule has 5 nitrogen and oxygen atoms in total. The molecule has 0 aliphatic carbocycles. The van der Waals surface area contributed by atoms with E-state index in [1.165, 1.54) is 24.3 Å². The van der Waals surface area contributed by atoms with Crippen molar-refractivity contribution < 1.29 is 23.5 Å². The molecule has 0 unspecified atom stereocenters. The number of hydrogen-bond acceptors (Lipinski definition) is 4. The summed E-state index contributed by atoms with van der Waals surface area (Å²) in [7, 11) is 0. The fourth-order valence-corrected chi connectivity index (χ4v) is 2.19. The van der Waals surface area contributed by atoms with Crippen LogP contribution in [0.15, 0.2) is 59.1 Å². The summed E-state index contributed by atoms with van der Waals surface area (Å²) >= 11 is 3.19. The van der Waals surface area contributed by atoms with E-state index >= 15 is 0 Å². The van der Waals surface area contributed by atoms with Crippen molar-refractivity contribution in [1.29, 1.82) is 0 Å². The predicted octanol–water partition coefficient (Wildman–Crippen LogP) is 3.10. The second kappa shape index (κ2) is 8.89. The van der Waals surface area contributed by atoms with Gasteiger partial charge in [0.25, 0.3) is 11.8 Å². The smallest absolute Gasteiger partial charge is 0.331 e. The summed E-state index contributed by atoms with van der Waals surface area (Å²) in [5, 5.41) is 2.10. The number of carbonyl (C=O) groups excluding carboxylic acids is 3. The molecule has 0 atom stereocenters. The van der Waals surface area contributed by atoms with Crippen LogP contribution in [-0.2, 0) is 14.3 Å². The lowest BCUT2D eigenvalue weighted by atomic mass is 10.2. The Bertz CT molecular complexity index is 821. The van der Waals surface area contributed by atoms with Crippen LogP contribution in [0.3, 0.4) is 0 Å². The molecule has 0 aliphatic heterocycles. The Morgan fingerprint density at radius 1 is 1.12 bits per heavy atom. The topological polar surface area (TPSA) is 72.5 Å². The van der Waals surface area contributed by atoms with Crippen molar-refractivity contribution in [2.45, 2.75) is 0 Å². The van der Waals surface area contributed by atoms with E-state index in [4.69, 9.17) is 4.74 Å². The molecule has 25 heavy (non-hydrogen) atoms. The van der Waals surface area contributed by atoms with Gasteiger partial charge in [0.2, 0.25) is 0 Å². The molecule has 2 amide bonds. The van der Waals surface area contributed by atoms with Gasteiger partial charge in [-0.25, -0.2) is 9.18 Å². The first kappa shape index (κ1) is 18.5. The van der Waals surface area contributed by atoms with Crippen molar-refractivity contribution in [2.24, 2.45) is 0 Å². The van der Waals surface area contributed by atoms with Crippen LogP contribution in [-0.4, -0.2) is 24.4 Å². The molecule has 0 saturated carbocycles. The summed E-state index contributed by atoms with van der Waals surface area (Å²) in [6.45, 7) is -0.622. The quantitative estimate of drug-likeness (QED) is 0.612. The van der Waals surface area contributed by atoms with E-state index < -0.39 is 30.2 Å². The molecule has 128 valence electrons. The van der Waals surface area contributed by atoms with E-state index in [2.05, 4.69) is 21.2 Å². The van der Waals surface area contributed by atoms with Gasteiger partial charge in [-0.2, -0.15) is 0 Å². The maximum Gasteiger partial charge on any atom is 0.331 e. The number of esters is 1. The number of carbonyl (C=O) groups is 3. The van der Waals surface area contributed by atoms with Crippen LogP contribution >= 0.6 is 15.9 Å². The largest absolute Gasteiger partial charge is 0.452 e. The van der Waals surface area contributed by atoms with E-state index in [-0.39, 0.29) is 5.56 Å². The van der Waals surface area contributed by atoms with Gasteiger partial charge in [-0.15, -0.1) is 0 Å². The highest BCUT2D eigenvalue weighted by Gasteiger charge is 2.11. The van der Waals surface area contributed by atoms with Gasteiger partial charge < -0.3 is 4.74 Å². The average Bonchev–Trinajstić information content (AvgIpc) is 2.61. The average molecular weight is 406 g/mol. The summed E-state index contributed by atoms with van der Waals surface area (Å²) in [4.78, 5) is 34.9. The lowest BCUT2D eigenvalue weighted by Crippen LogP contribution is -2.33. The minimum Gasteiger partial charge on any atom is -0.452 e. The van der Waals surface area contributed by atoms with Crippen molar-refractivity contribution >= 4 is 39.8 Å². The first-order valence-corrected chi connectivity index (χ1v) is 7.94. The van der Waals surface area contributed by atoms with Gasteiger partial charge in [0.05, 0.1) is 0 Å². The van der Waals surface area contributed by atoms with Gasteiger partial charge in [-0.1, -0.05) is 34.1 Å². The van der Waals surface area contributed by atoms with Crippen molar-refractivity contribution in [3.05, 3.63) is 76.0 Å². The molecule has 0 spiro atoms. The van der Waals surface area contributed by atoms with Crippen LogP contribution < -0.4 is 5.32 Å². The molecule has 7 heteroatoms. The molecule has 0 bridgehead atoms. The summed E-state index contributed by atoms with van der Waals surface area (Å²) < 4.78 is 18.9. The van der Waals surface area contributed by atoms with Gasteiger partial charge in [0.15, 0.2) is 6.61 Å². The van der Waals surface area contributed by atoms with E-state index in [1.54, 1.807) is 30.3 Å². The molecule has 0 saturated heterocycles. The number of rotatable bonds is 5. The minimum absolute atomic E-state index is 0.190. The normalized spacial score (nSPS) is 10.5. The zero-order valence-electron chi connectivity index (χ0n) is 12.9. The fourth-order valence-electron chi connectivity index (χ4n) is 1.81. The van der Waals surface area contributed by atoms with Crippen molar-refractivity contribution in [2.75, 3.05) is 6.61 Å². The maximum absolute atomic E-state index is 13.5. The second-order valence-corrected chi connectivity index (χ2v) is 5.77. The fraction of sp³-hybridized carbons (Fsp3) is 0.0556. The molecular weight excluding hydrogens is 393 g/mol. The highest BCUT2D eigenvalue weighted by atomic mass is 79.9. The summed E-state index contributed by atoms with van der Waals surface area (Å²) in [6, 6.07) is 12.4. The molecule has 0 radical (unpaired) electrons. The minimum atomic E-state index is -0.832. The third-order valence-corrected chi connectivity index (χ3v) is 3.48. The third kappa shape index (κ3) is 5.96. The standard InChI is InChI=1S/C18H13BrFNO4/c19-14-7-8-15(20)13(10-14)6-9-17(23)25-11-16(22)21-18(24)12-4-2-1-3-5-12/h1-10H,11H2,(H,21,22,24)/b9-6+. The molecule has 2 aromatic carbocycles. The van der Waals surface area contributed by atoms with Crippen molar-refractivity contribution in [3.63, 3.8) is 0 Å². The predicted molar refractivity (Wildman–Crippen MR) is 93.0 cm³/mol. The van der Waals surface area contributed by atoms with Gasteiger partial charge in [0.1, 0.15) is 5.82 Å². The Balaban J connectivity index is 1.83. The number of benzene rings is 2. The lowest BCUT2D eigenvalue weighted by Gasteiger charge is -2.04. The number of amides is 2. The van der Waals surface area contributed by atoms with E-state index in [1.807, 2.05) is 0 Å². The molecule has 1 N–H and O–H groups in total. The SMILES string of the molecule is O=C(COC(=O)/C=C/c1cc(Br)ccc1F)NC(=O)c1ccccc1. The van der Waals surface area contributed by atoms with E-state index in [0.29, 0.717) is 10.0 Å². The van der Waals surface area contributed by atoms with E-state index in [9.17, 15) is 18.8 Å². The number of imide groups is 1. The first-order valence-electron chi connectivity index (χ1n) is 7.15. The molecule has 0 aromatic heterocycles. The number of nitrogens with one attached hydrogen (secondary N) is 1. The zero-order valence-corrected chi connectivity index (χ0v) is 14.5. The number of hydrogen-bond donors (Lipinski definition) is 1. The summed E-state index contributed by atoms with van der Waals surface area (Å²) in [6.07, 6.45) is 2.23. The number of ether oxygens (including phenoxy) is 1. The molecule has 2 aromatic rings. The van der Waals surface area contributed by atoms with Gasteiger partial charge in [0, 0.05) is 21.7 Å². The van der Waals surface area contributed by atoms with Gasteiger partial charge >= 0.3 is 5.97 Å². The zero-order chi connectivity index (χ0) is 18.2. The maximum atomic E-state index is 13.5. The Kier molecular flexibility index (Phi) is 6.59. The van der Waals surface area contributed by atoms with Gasteiger partial charge in [-0.05, 0) is 36.4 Å². The molecular formula is C18H13BrFNO4. The van der Waals surface area contributed by atoms with Gasteiger partial charge in [-0.3, -0.25) is 14.9 Å². The third-order valence-electron chi connectivity index (χ3n) is 2.99. The van der Waals surface area contributed by atoms with Crippen LogP contribution in [0.25, 0.3) is 6.08 Å². The Hall–Kier alpha value is -2.80.